The molecule has 0 aliphatic rings. The molecule has 26 heavy (non-hydrogen) atoms. The molecule has 2 aromatic rings. The van der Waals surface area contributed by atoms with E-state index in [1.807, 2.05) is 25.9 Å². The number of hydrogen-bond donors (Lipinski definition) is 2. The Kier molecular flexibility index (Phi) is 6.89. The first-order valence-corrected chi connectivity index (χ1v) is 8.95. The number of nitrogens with zero attached hydrogens (tertiary/aromatic N) is 1. The Balaban J connectivity index is 2.27. The first-order chi connectivity index (χ1) is 12.3. The first-order valence-electron chi connectivity index (χ1n) is 8.19. The number of rotatable bonds is 6. The Bertz CT molecular complexity index is 822. The van der Waals surface area contributed by atoms with Crippen LogP contribution in [0.25, 0.3) is 0 Å². The van der Waals surface area contributed by atoms with E-state index in [4.69, 9.17) is 23.2 Å². The van der Waals surface area contributed by atoms with Crippen LogP contribution in [0.1, 0.15) is 34.1 Å². The third-order valence-electron chi connectivity index (χ3n) is 3.70. The van der Waals surface area contributed by atoms with Crippen LogP contribution >= 0.6 is 23.2 Å². The van der Waals surface area contributed by atoms with E-state index in [-0.39, 0.29) is 11.8 Å². The van der Waals surface area contributed by atoms with Crippen molar-refractivity contribution in [1.82, 2.24) is 5.32 Å². The zero-order chi connectivity index (χ0) is 19.3. The predicted molar refractivity (Wildman–Crippen MR) is 108 cm³/mol. The van der Waals surface area contributed by atoms with Crippen molar-refractivity contribution < 1.29 is 9.59 Å². The van der Waals surface area contributed by atoms with Crippen molar-refractivity contribution in [3.63, 3.8) is 0 Å². The Morgan fingerprint density at radius 2 is 1.73 bits per heavy atom. The molecule has 0 saturated heterocycles. The second-order valence-corrected chi connectivity index (χ2v) is 6.78. The number of amides is 2. The second kappa shape index (κ2) is 8.92. The lowest BCUT2D eigenvalue weighted by molar-refractivity contribution is 0.0952. The number of hydrogen-bond acceptors (Lipinski definition) is 3. The van der Waals surface area contributed by atoms with Crippen LogP contribution in [0.4, 0.5) is 11.4 Å². The molecule has 0 aliphatic carbocycles. The lowest BCUT2D eigenvalue weighted by Gasteiger charge is -2.18. The van der Waals surface area contributed by atoms with Gasteiger partial charge in [0.15, 0.2) is 0 Å². The molecule has 0 fully saturated rings. The van der Waals surface area contributed by atoms with Gasteiger partial charge in [-0.2, -0.15) is 0 Å². The van der Waals surface area contributed by atoms with Crippen LogP contribution in [0.3, 0.4) is 0 Å². The summed E-state index contributed by atoms with van der Waals surface area (Å²) >= 11 is 11.8. The number of nitrogens with one attached hydrogen (secondary N) is 2. The predicted octanol–water partition coefficient (Wildman–Crippen LogP) is 4.45. The molecule has 2 aromatic carbocycles. The lowest BCUT2D eigenvalue weighted by atomic mass is 10.1. The van der Waals surface area contributed by atoms with Gasteiger partial charge < -0.3 is 15.5 Å². The highest BCUT2D eigenvalue weighted by atomic mass is 35.5. The van der Waals surface area contributed by atoms with Gasteiger partial charge >= 0.3 is 0 Å². The summed E-state index contributed by atoms with van der Waals surface area (Å²) in [6.45, 7) is 2.58. The zero-order valence-electron chi connectivity index (χ0n) is 14.9. The van der Waals surface area contributed by atoms with Gasteiger partial charge in [-0.25, -0.2) is 0 Å². The monoisotopic (exact) mass is 393 g/mol. The summed E-state index contributed by atoms with van der Waals surface area (Å²) in [4.78, 5) is 26.7. The van der Waals surface area contributed by atoms with Gasteiger partial charge in [-0.3, -0.25) is 9.59 Å². The molecule has 0 atom stereocenters. The van der Waals surface area contributed by atoms with Crippen LogP contribution in [0.5, 0.6) is 0 Å². The maximum atomic E-state index is 12.4. The molecule has 7 heteroatoms. The van der Waals surface area contributed by atoms with E-state index in [1.54, 1.807) is 30.3 Å². The topological polar surface area (TPSA) is 61.4 Å². The van der Waals surface area contributed by atoms with Crippen molar-refractivity contribution in [3.8, 4) is 0 Å². The zero-order valence-corrected chi connectivity index (χ0v) is 16.4. The van der Waals surface area contributed by atoms with Crippen molar-refractivity contribution in [2.75, 3.05) is 30.9 Å². The van der Waals surface area contributed by atoms with Crippen LogP contribution in [0, 0.1) is 0 Å². The van der Waals surface area contributed by atoms with Crippen molar-refractivity contribution in [2.24, 2.45) is 0 Å². The maximum absolute atomic E-state index is 12.4. The molecule has 0 bridgehead atoms. The van der Waals surface area contributed by atoms with E-state index in [2.05, 4.69) is 10.6 Å². The average molecular weight is 394 g/mol. The van der Waals surface area contributed by atoms with Crippen LogP contribution in [0.2, 0.25) is 10.0 Å². The van der Waals surface area contributed by atoms with Crippen molar-refractivity contribution in [1.29, 1.82) is 0 Å². The molecule has 0 unspecified atom stereocenters. The van der Waals surface area contributed by atoms with E-state index in [0.29, 0.717) is 33.4 Å². The van der Waals surface area contributed by atoms with E-state index in [0.717, 1.165) is 12.1 Å². The fourth-order valence-corrected chi connectivity index (χ4v) is 2.66. The molecule has 0 radical (unpaired) electrons. The molecule has 0 aliphatic heterocycles. The summed E-state index contributed by atoms with van der Waals surface area (Å²) in [7, 11) is 3.72. The van der Waals surface area contributed by atoms with Crippen molar-refractivity contribution in [2.45, 2.75) is 13.3 Å². The van der Waals surface area contributed by atoms with Crippen molar-refractivity contribution >= 4 is 46.4 Å². The van der Waals surface area contributed by atoms with Crippen molar-refractivity contribution in [3.05, 3.63) is 57.6 Å². The third-order valence-corrected chi connectivity index (χ3v) is 4.44. The molecule has 2 amide bonds. The van der Waals surface area contributed by atoms with E-state index in [1.165, 1.54) is 6.07 Å². The Hall–Kier alpha value is -2.24. The highest BCUT2D eigenvalue weighted by Crippen LogP contribution is 2.25. The quantitative estimate of drug-likeness (QED) is 0.761. The summed E-state index contributed by atoms with van der Waals surface area (Å²) in [6.07, 6.45) is 0.844. The molecule has 2 N–H and O–H groups in total. The standard InChI is InChI=1S/C19H21Cl2N3O2/c1-4-9-22-19(26)14-11-13(6-8-17(14)24(2)3)23-18(25)12-5-7-15(20)16(21)10-12/h5-8,10-11H,4,9H2,1-3H3,(H,22,26)(H,23,25). The number of carbonyl (C=O) groups excluding carboxylic acids is 2. The Morgan fingerprint density at radius 1 is 1.00 bits per heavy atom. The fraction of sp³-hybridized carbons (Fsp3) is 0.263. The molecule has 0 saturated carbocycles. The van der Waals surface area contributed by atoms with Gasteiger partial charge in [-0.05, 0) is 42.8 Å². The SMILES string of the molecule is CCCNC(=O)c1cc(NC(=O)c2ccc(Cl)c(Cl)c2)ccc1N(C)C. The van der Waals surface area contributed by atoms with E-state index >= 15 is 0 Å². The van der Waals surface area contributed by atoms with Gasteiger partial charge in [0.1, 0.15) is 0 Å². The van der Waals surface area contributed by atoms with Gasteiger partial charge in [0.2, 0.25) is 0 Å². The highest BCUT2D eigenvalue weighted by molar-refractivity contribution is 6.42. The molecule has 2 rings (SSSR count). The minimum Gasteiger partial charge on any atom is -0.377 e. The molecular weight excluding hydrogens is 373 g/mol. The summed E-state index contributed by atoms with van der Waals surface area (Å²) < 4.78 is 0. The first kappa shape index (κ1) is 20.1. The van der Waals surface area contributed by atoms with Gasteiger partial charge in [0, 0.05) is 37.6 Å². The summed E-state index contributed by atoms with van der Waals surface area (Å²) in [5, 5.41) is 6.33. The second-order valence-electron chi connectivity index (χ2n) is 5.97. The maximum Gasteiger partial charge on any atom is 0.255 e. The Morgan fingerprint density at radius 3 is 2.35 bits per heavy atom. The Labute approximate surface area is 163 Å². The highest BCUT2D eigenvalue weighted by Gasteiger charge is 2.15. The summed E-state index contributed by atoms with van der Waals surface area (Å²) in [6, 6.07) is 9.87. The number of halogens is 2. The molecular formula is C19H21Cl2N3O2. The molecule has 0 heterocycles. The summed E-state index contributed by atoms with van der Waals surface area (Å²) in [5.41, 5.74) is 2.17. The number of carbonyl (C=O) groups is 2. The molecule has 0 spiro atoms. The molecule has 5 nitrogen and oxygen atoms in total. The molecule has 0 aromatic heterocycles. The average Bonchev–Trinajstić information content (AvgIpc) is 2.61. The minimum absolute atomic E-state index is 0.179. The normalized spacial score (nSPS) is 10.3. The lowest BCUT2D eigenvalue weighted by Crippen LogP contribution is -2.26. The molecule has 138 valence electrons. The van der Waals surface area contributed by atoms with Gasteiger partial charge in [-0.1, -0.05) is 30.1 Å². The van der Waals surface area contributed by atoms with Crippen LogP contribution in [-0.2, 0) is 0 Å². The van der Waals surface area contributed by atoms with Crippen LogP contribution in [0.15, 0.2) is 36.4 Å². The van der Waals surface area contributed by atoms with E-state index in [9.17, 15) is 9.59 Å². The third kappa shape index (κ3) is 4.90. The van der Waals surface area contributed by atoms with Gasteiger partial charge in [0.25, 0.3) is 11.8 Å². The van der Waals surface area contributed by atoms with Gasteiger partial charge in [0.05, 0.1) is 15.6 Å². The summed E-state index contributed by atoms with van der Waals surface area (Å²) in [5.74, 6) is -0.512. The van der Waals surface area contributed by atoms with Crippen LogP contribution < -0.4 is 15.5 Å². The number of anilines is 2. The fourth-order valence-electron chi connectivity index (χ4n) is 2.36. The number of benzene rings is 2. The minimum atomic E-state index is -0.332. The largest absolute Gasteiger partial charge is 0.377 e. The van der Waals surface area contributed by atoms with Gasteiger partial charge in [-0.15, -0.1) is 0 Å². The van der Waals surface area contributed by atoms with E-state index < -0.39 is 0 Å². The van der Waals surface area contributed by atoms with Crippen LogP contribution in [-0.4, -0.2) is 32.5 Å². The smallest absolute Gasteiger partial charge is 0.255 e.